The van der Waals surface area contributed by atoms with Crippen LogP contribution in [0.15, 0.2) is 0 Å². The molecule has 0 saturated carbocycles. The Labute approximate surface area is 74.6 Å². The molecule has 74 valence electrons. The van der Waals surface area contributed by atoms with Gasteiger partial charge in [-0.15, -0.1) is 0 Å². The van der Waals surface area contributed by atoms with Gasteiger partial charge >= 0.3 is 6.03 Å². The van der Waals surface area contributed by atoms with Crippen LogP contribution in [0.2, 0.25) is 0 Å². The number of nitrogens with one attached hydrogen (secondary N) is 2. The molecule has 2 atom stereocenters. The minimum Gasteiger partial charge on any atom is -0.355 e. The first kappa shape index (κ1) is 9.91. The molecule has 1 rings (SSSR count). The molecule has 0 aromatic rings. The molecule has 0 bridgehead atoms. The summed E-state index contributed by atoms with van der Waals surface area (Å²) in [5.41, 5.74) is 0. The molecule has 6 heteroatoms. The van der Waals surface area contributed by atoms with Gasteiger partial charge in [-0.3, -0.25) is 10.1 Å². The SMILES string of the molecule is CCCO[C@@H]1NC(=O)NC(=O)[C@H]1F. The average Bonchev–Trinajstić information content (AvgIpc) is 2.09. The van der Waals surface area contributed by atoms with E-state index in [1.807, 2.05) is 6.92 Å². The van der Waals surface area contributed by atoms with Crippen molar-refractivity contribution in [2.45, 2.75) is 25.7 Å². The summed E-state index contributed by atoms with van der Waals surface area (Å²) >= 11 is 0. The van der Waals surface area contributed by atoms with Crippen LogP contribution in [0.5, 0.6) is 0 Å². The first-order valence-corrected chi connectivity index (χ1v) is 4.02. The quantitative estimate of drug-likeness (QED) is 0.653. The van der Waals surface area contributed by atoms with E-state index in [0.717, 1.165) is 0 Å². The lowest BCUT2D eigenvalue weighted by Crippen LogP contribution is -2.60. The topological polar surface area (TPSA) is 67.4 Å². The van der Waals surface area contributed by atoms with E-state index in [1.54, 1.807) is 5.32 Å². The molecule has 13 heavy (non-hydrogen) atoms. The molecule has 1 fully saturated rings. The molecule has 3 amide bonds. The highest BCUT2D eigenvalue weighted by Gasteiger charge is 2.35. The number of ether oxygens (including phenoxy) is 1. The third kappa shape index (κ3) is 2.38. The fraction of sp³-hybridized carbons (Fsp3) is 0.714. The lowest BCUT2D eigenvalue weighted by Gasteiger charge is -2.26. The maximum absolute atomic E-state index is 13.0. The van der Waals surface area contributed by atoms with E-state index in [1.165, 1.54) is 0 Å². The first-order valence-electron chi connectivity index (χ1n) is 4.02. The van der Waals surface area contributed by atoms with Crippen LogP contribution < -0.4 is 10.6 Å². The summed E-state index contributed by atoms with van der Waals surface area (Å²) in [6.07, 6.45) is -2.29. The number of imide groups is 1. The van der Waals surface area contributed by atoms with Crippen LogP contribution in [0.25, 0.3) is 0 Å². The van der Waals surface area contributed by atoms with E-state index in [-0.39, 0.29) is 0 Å². The van der Waals surface area contributed by atoms with Gasteiger partial charge in [0, 0.05) is 6.61 Å². The van der Waals surface area contributed by atoms with Gasteiger partial charge < -0.3 is 10.1 Å². The maximum atomic E-state index is 13.0. The van der Waals surface area contributed by atoms with Crippen molar-refractivity contribution in [3.05, 3.63) is 0 Å². The molecule has 1 aliphatic heterocycles. The number of carbonyl (C=O) groups is 2. The zero-order valence-electron chi connectivity index (χ0n) is 7.17. The summed E-state index contributed by atoms with van der Waals surface area (Å²) in [6, 6.07) is -0.722. The van der Waals surface area contributed by atoms with Gasteiger partial charge in [0.15, 0.2) is 6.23 Å². The van der Waals surface area contributed by atoms with Crippen LogP contribution in [-0.2, 0) is 9.53 Å². The molecular formula is C7H11FN2O3. The molecule has 1 saturated heterocycles. The Bertz CT molecular complexity index is 222. The van der Waals surface area contributed by atoms with Crippen molar-refractivity contribution in [2.75, 3.05) is 6.61 Å². The second-order valence-corrected chi connectivity index (χ2v) is 2.66. The van der Waals surface area contributed by atoms with Crippen molar-refractivity contribution in [2.24, 2.45) is 0 Å². The lowest BCUT2D eigenvalue weighted by molar-refractivity contribution is -0.134. The monoisotopic (exact) mass is 190 g/mol. The van der Waals surface area contributed by atoms with Crippen molar-refractivity contribution in [1.29, 1.82) is 0 Å². The largest absolute Gasteiger partial charge is 0.355 e. The molecule has 5 nitrogen and oxygen atoms in total. The van der Waals surface area contributed by atoms with Gasteiger partial charge in [0.2, 0.25) is 6.17 Å². The highest BCUT2D eigenvalue weighted by Crippen LogP contribution is 2.06. The van der Waals surface area contributed by atoms with E-state index in [4.69, 9.17) is 4.74 Å². The Morgan fingerprint density at radius 1 is 1.54 bits per heavy atom. The van der Waals surface area contributed by atoms with E-state index >= 15 is 0 Å². The van der Waals surface area contributed by atoms with Gasteiger partial charge in [-0.1, -0.05) is 6.92 Å². The van der Waals surface area contributed by atoms with Crippen molar-refractivity contribution in [1.82, 2.24) is 10.6 Å². The van der Waals surface area contributed by atoms with Crippen LogP contribution in [0.3, 0.4) is 0 Å². The smallest absolute Gasteiger partial charge is 0.323 e. The number of carbonyl (C=O) groups excluding carboxylic acids is 2. The second-order valence-electron chi connectivity index (χ2n) is 2.66. The van der Waals surface area contributed by atoms with Crippen LogP contribution in [-0.4, -0.2) is 30.9 Å². The van der Waals surface area contributed by atoms with Gasteiger partial charge in [0.1, 0.15) is 0 Å². The Hall–Kier alpha value is -1.17. The fourth-order valence-electron chi connectivity index (χ4n) is 0.928. The highest BCUT2D eigenvalue weighted by atomic mass is 19.1. The zero-order chi connectivity index (χ0) is 9.84. The normalized spacial score (nSPS) is 28.2. The van der Waals surface area contributed by atoms with Crippen LogP contribution in [0.1, 0.15) is 13.3 Å². The minimum absolute atomic E-state index is 0.304. The molecule has 0 aromatic carbocycles. The number of hydrogen-bond donors (Lipinski definition) is 2. The zero-order valence-corrected chi connectivity index (χ0v) is 7.17. The average molecular weight is 190 g/mol. The number of urea groups is 1. The third-order valence-corrected chi connectivity index (χ3v) is 1.53. The van der Waals surface area contributed by atoms with Crippen molar-refractivity contribution in [3.8, 4) is 0 Å². The number of alkyl halides is 1. The molecule has 0 aliphatic carbocycles. The predicted molar refractivity (Wildman–Crippen MR) is 41.6 cm³/mol. The van der Waals surface area contributed by atoms with Crippen molar-refractivity contribution >= 4 is 11.9 Å². The van der Waals surface area contributed by atoms with E-state index in [2.05, 4.69) is 5.32 Å². The van der Waals surface area contributed by atoms with Gasteiger partial charge in [0.05, 0.1) is 0 Å². The predicted octanol–water partition coefficient (Wildman–Crippen LogP) is -0.0834. The lowest BCUT2D eigenvalue weighted by atomic mass is 10.3. The van der Waals surface area contributed by atoms with Crippen molar-refractivity contribution in [3.63, 3.8) is 0 Å². The summed E-state index contributed by atoms with van der Waals surface area (Å²) in [7, 11) is 0. The third-order valence-electron chi connectivity index (χ3n) is 1.53. The van der Waals surface area contributed by atoms with E-state index < -0.39 is 24.3 Å². The van der Waals surface area contributed by atoms with Gasteiger partial charge in [-0.2, -0.15) is 0 Å². The molecule has 0 spiro atoms. The van der Waals surface area contributed by atoms with E-state index in [9.17, 15) is 14.0 Å². The van der Waals surface area contributed by atoms with Crippen LogP contribution in [0, 0.1) is 0 Å². The number of amides is 3. The fourth-order valence-corrected chi connectivity index (χ4v) is 0.928. The molecular weight excluding hydrogens is 179 g/mol. The Morgan fingerprint density at radius 3 is 2.85 bits per heavy atom. The second kappa shape index (κ2) is 4.18. The molecule has 0 unspecified atom stereocenters. The summed E-state index contributed by atoms with van der Waals surface area (Å²) < 4.78 is 17.9. The summed E-state index contributed by atoms with van der Waals surface area (Å²) in [5, 5.41) is 3.95. The Balaban J connectivity index is 2.50. The summed E-state index contributed by atoms with van der Waals surface area (Å²) in [5.74, 6) is -0.954. The van der Waals surface area contributed by atoms with Gasteiger partial charge in [0.25, 0.3) is 5.91 Å². The van der Waals surface area contributed by atoms with Gasteiger partial charge in [-0.05, 0) is 6.42 Å². The number of hydrogen-bond acceptors (Lipinski definition) is 3. The molecule has 1 aliphatic rings. The molecule has 0 aromatic heterocycles. The van der Waals surface area contributed by atoms with Crippen LogP contribution in [0.4, 0.5) is 9.18 Å². The Kier molecular flexibility index (Phi) is 3.18. The first-order chi connectivity index (χ1) is 6.15. The molecule has 2 N–H and O–H groups in total. The number of halogens is 1. The van der Waals surface area contributed by atoms with Gasteiger partial charge in [-0.25, -0.2) is 9.18 Å². The van der Waals surface area contributed by atoms with E-state index in [0.29, 0.717) is 13.0 Å². The Morgan fingerprint density at radius 2 is 2.23 bits per heavy atom. The summed E-state index contributed by atoms with van der Waals surface area (Å²) in [6.45, 7) is 2.15. The maximum Gasteiger partial charge on any atom is 0.323 e. The standard InChI is InChI=1S/C7H11FN2O3/c1-2-3-13-6-4(8)5(11)9-7(12)10-6/h4,6H,2-3H2,1H3,(H2,9,10,11,12)/t4-,6+/m1/s1. The molecule has 1 heterocycles. The highest BCUT2D eigenvalue weighted by molar-refractivity contribution is 5.99. The van der Waals surface area contributed by atoms with Crippen LogP contribution >= 0.6 is 0 Å². The number of rotatable bonds is 3. The minimum atomic E-state index is -1.83. The summed E-state index contributed by atoms with van der Waals surface area (Å²) in [4.78, 5) is 21.5. The van der Waals surface area contributed by atoms with Crippen molar-refractivity contribution < 1.29 is 18.7 Å². The molecule has 0 radical (unpaired) electrons.